The number of hydrogen-bond acceptors (Lipinski definition) is 5. The van der Waals surface area contributed by atoms with E-state index in [0.717, 1.165) is 22.9 Å². The van der Waals surface area contributed by atoms with Gasteiger partial charge in [0.1, 0.15) is 0 Å². The molecule has 1 aromatic heterocycles. The van der Waals surface area contributed by atoms with Crippen LogP contribution in [0.15, 0.2) is 59.8 Å². The minimum atomic E-state index is -0.886. The molecule has 138 valence electrons. The molecule has 0 saturated heterocycles. The minimum absolute atomic E-state index is 0.0155. The van der Waals surface area contributed by atoms with Crippen LogP contribution in [0.25, 0.3) is 11.4 Å². The average molecular weight is 402 g/mol. The Labute approximate surface area is 164 Å². The first-order valence-electron chi connectivity index (χ1n) is 7.98. The van der Waals surface area contributed by atoms with Gasteiger partial charge in [-0.05, 0) is 17.7 Å². The molecule has 2 aromatic carbocycles. The second-order valence-corrected chi connectivity index (χ2v) is 6.91. The lowest BCUT2D eigenvalue weighted by Crippen LogP contribution is -2.36. The molecule has 0 fully saturated rings. The first kappa shape index (κ1) is 18.9. The van der Waals surface area contributed by atoms with Crippen molar-refractivity contribution in [1.29, 1.82) is 0 Å². The number of carbonyl (C=O) groups excluding carboxylic acids is 2. The van der Waals surface area contributed by atoms with Gasteiger partial charge >= 0.3 is 6.03 Å². The Bertz CT molecular complexity index is 961. The van der Waals surface area contributed by atoms with Crippen LogP contribution >= 0.6 is 23.4 Å². The molecular weight excluding hydrogens is 386 g/mol. The van der Waals surface area contributed by atoms with E-state index in [1.165, 1.54) is 0 Å². The van der Waals surface area contributed by atoms with Gasteiger partial charge in [-0.2, -0.15) is 0 Å². The Morgan fingerprint density at radius 1 is 1.07 bits per heavy atom. The highest BCUT2D eigenvalue weighted by Gasteiger charge is 2.18. The summed E-state index contributed by atoms with van der Waals surface area (Å²) in [5.74, 6) is 0.0848. The number of rotatable bonds is 6. The fourth-order valence-corrected chi connectivity index (χ4v) is 3.41. The predicted octanol–water partition coefficient (Wildman–Crippen LogP) is 2.93. The topological polar surface area (TPSA) is 103 Å². The van der Waals surface area contributed by atoms with Crippen molar-refractivity contribution in [3.05, 3.63) is 65.2 Å². The lowest BCUT2D eigenvalue weighted by Gasteiger charge is -2.11. The van der Waals surface area contributed by atoms with Gasteiger partial charge in [-0.15, -0.1) is 10.2 Å². The number of primary amides is 1. The highest BCUT2D eigenvalue weighted by atomic mass is 35.5. The van der Waals surface area contributed by atoms with E-state index in [4.69, 9.17) is 17.3 Å². The zero-order valence-electron chi connectivity index (χ0n) is 14.1. The van der Waals surface area contributed by atoms with E-state index in [-0.39, 0.29) is 5.75 Å². The fraction of sp³-hybridized carbons (Fsp3) is 0.111. The number of thioether (sulfide) groups is 1. The van der Waals surface area contributed by atoms with Crippen molar-refractivity contribution in [3.63, 3.8) is 0 Å². The summed E-state index contributed by atoms with van der Waals surface area (Å²) in [6.07, 6.45) is 0. The van der Waals surface area contributed by atoms with Crippen LogP contribution in [0.4, 0.5) is 4.79 Å². The molecule has 1 heterocycles. The number of nitrogens with zero attached hydrogens (tertiary/aromatic N) is 3. The summed E-state index contributed by atoms with van der Waals surface area (Å²) >= 11 is 7.49. The van der Waals surface area contributed by atoms with E-state index in [9.17, 15) is 9.59 Å². The van der Waals surface area contributed by atoms with Gasteiger partial charge in [-0.25, -0.2) is 4.79 Å². The standard InChI is InChI=1S/C18H16ClN5O2S/c19-14-9-5-4-8-13(14)16-22-23-18(27-11-15(25)21-17(20)26)24(16)10-12-6-2-1-3-7-12/h1-9H,10-11H2,(H3,20,21,25,26). The van der Waals surface area contributed by atoms with E-state index in [1.54, 1.807) is 6.07 Å². The molecule has 3 N–H and O–H groups in total. The van der Waals surface area contributed by atoms with Gasteiger partial charge in [0.05, 0.1) is 17.3 Å². The highest BCUT2D eigenvalue weighted by Crippen LogP contribution is 2.29. The summed E-state index contributed by atoms with van der Waals surface area (Å²) in [4.78, 5) is 22.5. The molecule has 27 heavy (non-hydrogen) atoms. The number of nitrogens with one attached hydrogen (secondary N) is 1. The lowest BCUT2D eigenvalue weighted by atomic mass is 10.2. The van der Waals surface area contributed by atoms with Gasteiger partial charge in [-0.3, -0.25) is 14.7 Å². The normalized spacial score (nSPS) is 10.6. The van der Waals surface area contributed by atoms with E-state index in [1.807, 2.05) is 58.4 Å². The number of imide groups is 1. The summed E-state index contributed by atoms with van der Waals surface area (Å²) < 4.78 is 1.89. The highest BCUT2D eigenvalue weighted by molar-refractivity contribution is 7.99. The third kappa shape index (κ3) is 4.87. The average Bonchev–Trinajstić information content (AvgIpc) is 3.03. The van der Waals surface area contributed by atoms with Crippen LogP contribution in [0.3, 0.4) is 0 Å². The van der Waals surface area contributed by atoms with Crippen molar-refractivity contribution in [2.24, 2.45) is 5.73 Å². The largest absolute Gasteiger partial charge is 0.351 e. The monoisotopic (exact) mass is 401 g/mol. The van der Waals surface area contributed by atoms with Crippen LogP contribution in [0, 0.1) is 0 Å². The van der Waals surface area contributed by atoms with Crippen LogP contribution in [0.2, 0.25) is 5.02 Å². The first-order chi connectivity index (χ1) is 13.0. The Kier molecular flexibility index (Phi) is 6.10. The summed E-state index contributed by atoms with van der Waals surface area (Å²) in [5, 5.41) is 11.6. The summed E-state index contributed by atoms with van der Waals surface area (Å²) in [6.45, 7) is 0.508. The predicted molar refractivity (Wildman–Crippen MR) is 104 cm³/mol. The molecule has 0 atom stereocenters. The molecule has 3 amide bonds. The second-order valence-electron chi connectivity index (χ2n) is 5.56. The number of benzene rings is 2. The van der Waals surface area contributed by atoms with Gasteiger partial charge in [0.25, 0.3) is 0 Å². The Morgan fingerprint density at radius 3 is 2.48 bits per heavy atom. The molecular formula is C18H16ClN5O2S. The number of hydrogen-bond donors (Lipinski definition) is 2. The number of nitrogens with two attached hydrogens (primary N) is 1. The molecule has 0 spiro atoms. The fourth-order valence-electron chi connectivity index (χ4n) is 2.45. The van der Waals surface area contributed by atoms with Crippen molar-refractivity contribution in [1.82, 2.24) is 20.1 Å². The third-order valence-electron chi connectivity index (χ3n) is 3.61. The molecule has 0 bridgehead atoms. The zero-order valence-corrected chi connectivity index (χ0v) is 15.7. The molecule has 0 aliphatic carbocycles. The molecule has 0 aliphatic heterocycles. The molecule has 7 nitrogen and oxygen atoms in total. The number of carbonyl (C=O) groups is 2. The van der Waals surface area contributed by atoms with E-state index < -0.39 is 11.9 Å². The molecule has 9 heteroatoms. The van der Waals surface area contributed by atoms with Gasteiger partial charge in [-0.1, -0.05) is 65.8 Å². The SMILES string of the molecule is NC(=O)NC(=O)CSc1nnc(-c2ccccc2Cl)n1Cc1ccccc1. The second kappa shape index (κ2) is 8.70. The lowest BCUT2D eigenvalue weighted by molar-refractivity contribution is -0.117. The molecule has 0 saturated carbocycles. The summed E-state index contributed by atoms with van der Waals surface area (Å²) in [7, 11) is 0. The van der Waals surface area contributed by atoms with Crippen LogP contribution in [0.5, 0.6) is 0 Å². The number of halogens is 1. The van der Waals surface area contributed by atoms with Crippen molar-refractivity contribution in [2.45, 2.75) is 11.7 Å². The maximum absolute atomic E-state index is 11.7. The number of aromatic nitrogens is 3. The van der Waals surface area contributed by atoms with Crippen molar-refractivity contribution in [2.75, 3.05) is 5.75 Å². The maximum Gasteiger partial charge on any atom is 0.318 e. The smallest absolute Gasteiger partial charge is 0.318 e. The Hall–Kier alpha value is -2.84. The summed E-state index contributed by atoms with van der Waals surface area (Å²) in [5.41, 5.74) is 6.76. The third-order valence-corrected chi connectivity index (χ3v) is 4.91. The van der Waals surface area contributed by atoms with Crippen LogP contribution in [-0.2, 0) is 11.3 Å². The van der Waals surface area contributed by atoms with Crippen LogP contribution in [0.1, 0.15) is 5.56 Å². The molecule has 3 rings (SSSR count). The van der Waals surface area contributed by atoms with Gasteiger partial charge in [0.15, 0.2) is 11.0 Å². The van der Waals surface area contributed by atoms with Crippen LogP contribution in [-0.4, -0.2) is 32.5 Å². The first-order valence-corrected chi connectivity index (χ1v) is 9.35. The molecule has 3 aromatic rings. The van der Waals surface area contributed by atoms with Crippen LogP contribution < -0.4 is 11.1 Å². The van der Waals surface area contributed by atoms with Crippen molar-refractivity contribution in [3.8, 4) is 11.4 Å². The van der Waals surface area contributed by atoms with Gasteiger partial charge in [0, 0.05) is 5.56 Å². The minimum Gasteiger partial charge on any atom is -0.351 e. The molecule has 0 aliphatic rings. The number of urea groups is 1. The quantitative estimate of drug-likeness (QED) is 0.618. The van der Waals surface area contributed by atoms with E-state index in [0.29, 0.717) is 22.5 Å². The van der Waals surface area contributed by atoms with Crippen molar-refractivity contribution >= 4 is 35.3 Å². The molecule has 0 radical (unpaired) electrons. The van der Waals surface area contributed by atoms with Gasteiger partial charge in [0.2, 0.25) is 5.91 Å². The van der Waals surface area contributed by atoms with E-state index >= 15 is 0 Å². The Morgan fingerprint density at radius 2 is 1.78 bits per heavy atom. The number of amides is 3. The molecule has 0 unspecified atom stereocenters. The van der Waals surface area contributed by atoms with E-state index in [2.05, 4.69) is 10.2 Å². The Balaban J connectivity index is 1.92. The van der Waals surface area contributed by atoms with Crippen molar-refractivity contribution < 1.29 is 9.59 Å². The zero-order chi connectivity index (χ0) is 19.2. The van der Waals surface area contributed by atoms with Gasteiger partial charge < -0.3 is 5.73 Å². The maximum atomic E-state index is 11.7. The summed E-state index contributed by atoms with van der Waals surface area (Å²) in [6, 6.07) is 16.3.